The lowest BCUT2D eigenvalue weighted by Crippen LogP contribution is -2.42. The second-order valence-electron chi connectivity index (χ2n) is 6.38. The summed E-state index contributed by atoms with van der Waals surface area (Å²) in [5.74, 6) is 1.10. The summed E-state index contributed by atoms with van der Waals surface area (Å²) in [7, 11) is 0. The van der Waals surface area contributed by atoms with Crippen molar-refractivity contribution in [3.8, 4) is 0 Å². The first-order valence-corrected chi connectivity index (χ1v) is 9.27. The number of likely N-dealkylation sites (tertiary alicyclic amines) is 1. The smallest absolute Gasteiger partial charge is 0.235 e. The molecule has 0 bridgehead atoms. The molecule has 1 aliphatic heterocycles. The fraction of sp³-hybridized carbons (Fsp3) is 0.556. The summed E-state index contributed by atoms with van der Waals surface area (Å²) in [5, 5.41) is 2.69. The molecule has 126 valence electrons. The Morgan fingerprint density at radius 3 is 2.48 bits per heavy atom. The minimum atomic E-state index is -0.174. The van der Waals surface area contributed by atoms with E-state index in [1.54, 1.807) is 0 Å². The topological polar surface area (TPSA) is 49.4 Å². The number of rotatable bonds is 5. The van der Waals surface area contributed by atoms with Gasteiger partial charge in [-0.25, -0.2) is 0 Å². The number of anilines is 1. The van der Waals surface area contributed by atoms with Gasteiger partial charge in [-0.15, -0.1) is 11.8 Å². The Labute approximate surface area is 143 Å². The molecule has 1 unspecified atom stereocenters. The number of carbonyl (C=O) groups is 2. The molecule has 1 atom stereocenters. The van der Waals surface area contributed by atoms with Crippen LogP contribution < -0.4 is 5.32 Å². The molecule has 0 spiro atoms. The summed E-state index contributed by atoms with van der Waals surface area (Å²) in [5.41, 5.74) is 1.96. The minimum absolute atomic E-state index is 0.0641. The second-order valence-corrected chi connectivity index (χ2v) is 7.70. The Morgan fingerprint density at radius 1 is 1.26 bits per heavy atom. The van der Waals surface area contributed by atoms with Crippen LogP contribution in [0.4, 0.5) is 5.69 Å². The highest BCUT2D eigenvalue weighted by atomic mass is 32.2. The Morgan fingerprint density at radius 2 is 1.87 bits per heavy atom. The van der Waals surface area contributed by atoms with E-state index in [9.17, 15) is 9.59 Å². The van der Waals surface area contributed by atoms with Gasteiger partial charge in [0, 0.05) is 18.8 Å². The molecule has 1 fully saturated rings. The van der Waals surface area contributed by atoms with Crippen molar-refractivity contribution in [1.82, 2.24) is 4.90 Å². The number of nitrogens with zero attached hydrogens (tertiary/aromatic N) is 1. The molecule has 1 aromatic rings. The van der Waals surface area contributed by atoms with Crippen LogP contribution in [0.2, 0.25) is 0 Å². The normalized spacial score (nSPS) is 16.9. The molecule has 2 rings (SSSR count). The van der Waals surface area contributed by atoms with Crippen molar-refractivity contribution in [2.24, 2.45) is 5.92 Å². The summed E-state index contributed by atoms with van der Waals surface area (Å²) in [6.07, 6.45) is 2.16. The molecule has 5 heteroatoms. The second kappa shape index (κ2) is 8.39. The standard InChI is InChI=1S/C18H26N2O2S/c1-13-4-6-16(7-5-13)19-17(21)12-23-15(3)18(22)20-10-8-14(2)9-11-20/h4-7,14-15H,8-12H2,1-3H3,(H,19,21). The maximum absolute atomic E-state index is 12.4. The summed E-state index contributed by atoms with van der Waals surface area (Å²) < 4.78 is 0. The van der Waals surface area contributed by atoms with Gasteiger partial charge in [-0.3, -0.25) is 9.59 Å². The first-order chi connectivity index (χ1) is 11.0. The van der Waals surface area contributed by atoms with Crippen LogP contribution >= 0.6 is 11.8 Å². The van der Waals surface area contributed by atoms with Gasteiger partial charge in [0.05, 0.1) is 11.0 Å². The zero-order chi connectivity index (χ0) is 16.8. The van der Waals surface area contributed by atoms with Crippen LogP contribution in [0, 0.1) is 12.8 Å². The molecule has 0 saturated carbocycles. The number of carbonyl (C=O) groups excluding carboxylic acids is 2. The van der Waals surface area contributed by atoms with Gasteiger partial charge in [-0.05, 0) is 44.7 Å². The Balaban J connectivity index is 1.74. The lowest BCUT2D eigenvalue weighted by atomic mass is 9.99. The van der Waals surface area contributed by atoms with Crippen LogP contribution in [0.3, 0.4) is 0 Å². The highest BCUT2D eigenvalue weighted by Gasteiger charge is 2.25. The average molecular weight is 334 g/mol. The van der Waals surface area contributed by atoms with Gasteiger partial charge in [0.15, 0.2) is 0 Å². The third-order valence-corrected chi connectivity index (χ3v) is 5.37. The molecule has 1 aromatic carbocycles. The molecule has 1 N–H and O–H groups in total. The number of thioether (sulfide) groups is 1. The van der Waals surface area contributed by atoms with E-state index >= 15 is 0 Å². The molecule has 0 radical (unpaired) electrons. The molecular weight excluding hydrogens is 308 g/mol. The number of piperidine rings is 1. The van der Waals surface area contributed by atoms with Gasteiger partial charge in [0.1, 0.15) is 0 Å². The lowest BCUT2D eigenvalue weighted by Gasteiger charge is -2.32. The molecule has 1 heterocycles. The SMILES string of the molecule is Cc1ccc(NC(=O)CSC(C)C(=O)N2CCC(C)CC2)cc1. The van der Waals surface area contributed by atoms with Gasteiger partial charge in [0.25, 0.3) is 0 Å². The van der Waals surface area contributed by atoms with Gasteiger partial charge in [0.2, 0.25) is 11.8 Å². The van der Waals surface area contributed by atoms with Crippen molar-refractivity contribution in [2.45, 2.75) is 38.9 Å². The fourth-order valence-corrected chi connectivity index (χ4v) is 3.36. The number of hydrogen-bond acceptors (Lipinski definition) is 3. The first-order valence-electron chi connectivity index (χ1n) is 8.22. The van der Waals surface area contributed by atoms with Crippen LogP contribution in [-0.4, -0.2) is 40.8 Å². The maximum Gasteiger partial charge on any atom is 0.235 e. The van der Waals surface area contributed by atoms with Crippen LogP contribution in [0.15, 0.2) is 24.3 Å². The number of hydrogen-bond donors (Lipinski definition) is 1. The van der Waals surface area contributed by atoms with Gasteiger partial charge in [-0.1, -0.05) is 24.6 Å². The molecule has 2 amide bonds. The van der Waals surface area contributed by atoms with E-state index in [-0.39, 0.29) is 17.1 Å². The number of aryl methyl sites for hydroxylation is 1. The van der Waals surface area contributed by atoms with Crippen molar-refractivity contribution in [3.05, 3.63) is 29.8 Å². The molecule has 4 nitrogen and oxygen atoms in total. The maximum atomic E-state index is 12.4. The molecule has 23 heavy (non-hydrogen) atoms. The monoisotopic (exact) mass is 334 g/mol. The van der Waals surface area contributed by atoms with Crippen molar-refractivity contribution in [3.63, 3.8) is 0 Å². The Kier molecular flexibility index (Phi) is 6.51. The van der Waals surface area contributed by atoms with Gasteiger partial charge >= 0.3 is 0 Å². The average Bonchev–Trinajstić information content (AvgIpc) is 2.55. The summed E-state index contributed by atoms with van der Waals surface area (Å²) in [6.45, 7) is 7.83. The number of amides is 2. The van der Waals surface area contributed by atoms with Crippen LogP contribution in [0.1, 0.15) is 32.3 Å². The third-order valence-electron chi connectivity index (χ3n) is 4.24. The zero-order valence-corrected chi connectivity index (χ0v) is 15.0. The summed E-state index contributed by atoms with van der Waals surface area (Å²) in [4.78, 5) is 26.3. The van der Waals surface area contributed by atoms with Gasteiger partial charge < -0.3 is 10.2 Å². The van der Waals surface area contributed by atoms with Crippen molar-refractivity contribution < 1.29 is 9.59 Å². The lowest BCUT2D eigenvalue weighted by molar-refractivity contribution is -0.131. The van der Waals surface area contributed by atoms with Gasteiger partial charge in [-0.2, -0.15) is 0 Å². The van der Waals surface area contributed by atoms with E-state index in [1.165, 1.54) is 11.8 Å². The fourth-order valence-electron chi connectivity index (χ4n) is 2.59. The van der Waals surface area contributed by atoms with Crippen molar-refractivity contribution in [2.75, 3.05) is 24.2 Å². The Hall–Kier alpha value is -1.49. The van der Waals surface area contributed by atoms with Crippen LogP contribution in [0.25, 0.3) is 0 Å². The van der Waals surface area contributed by atoms with E-state index in [1.807, 2.05) is 43.0 Å². The predicted octanol–water partition coefficient (Wildman–Crippen LogP) is 3.31. The first kappa shape index (κ1) is 17.9. The van der Waals surface area contributed by atoms with E-state index < -0.39 is 0 Å². The summed E-state index contributed by atoms with van der Waals surface area (Å²) >= 11 is 1.41. The molecular formula is C18H26N2O2S. The highest BCUT2D eigenvalue weighted by molar-refractivity contribution is 8.01. The quantitative estimate of drug-likeness (QED) is 0.899. The summed E-state index contributed by atoms with van der Waals surface area (Å²) in [6, 6.07) is 7.71. The van der Waals surface area contributed by atoms with Crippen molar-refractivity contribution >= 4 is 29.3 Å². The Bertz CT molecular complexity index is 536. The van der Waals surface area contributed by atoms with Crippen molar-refractivity contribution in [1.29, 1.82) is 0 Å². The minimum Gasteiger partial charge on any atom is -0.342 e. The molecule has 0 aromatic heterocycles. The molecule has 0 aliphatic carbocycles. The van der Waals surface area contributed by atoms with E-state index in [0.29, 0.717) is 11.7 Å². The largest absolute Gasteiger partial charge is 0.342 e. The van der Waals surface area contributed by atoms with Crippen LogP contribution in [0.5, 0.6) is 0 Å². The van der Waals surface area contributed by atoms with Crippen LogP contribution in [-0.2, 0) is 9.59 Å². The van der Waals surface area contributed by atoms with E-state index in [4.69, 9.17) is 0 Å². The number of benzene rings is 1. The van der Waals surface area contributed by atoms with E-state index in [0.717, 1.165) is 37.2 Å². The zero-order valence-electron chi connectivity index (χ0n) is 14.2. The third kappa shape index (κ3) is 5.57. The molecule has 1 aliphatic rings. The van der Waals surface area contributed by atoms with E-state index in [2.05, 4.69) is 12.2 Å². The predicted molar refractivity (Wildman–Crippen MR) is 96.7 cm³/mol. The molecule has 1 saturated heterocycles. The number of nitrogens with one attached hydrogen (secondary N) is 1. The highest BCUT2D eigenvalue weighted by Crippen LogP contribution is 2.20.